The molecule has 0 heterocycles. The number of rotatable bonds is 0. The van der Waals surface area contributed by atoms with E-state index < -0.39 is 17.8 Å². The van der Waals surface area contributed by atoms with E-state index in [9.17, 15) is 15.3 Å². The zero-order valence-corrected chi connectivity index (χ0v) is 22.5. The van der Waals surface area contributed by atoms with Crippen molar-refractivity contribution in [3.63, 3.8) is 0 Å². The van der Waals surface area contributed by atoms with Crippen molar-refractivity contribution in [3.05, 3.63) is 11.6 Å². The van der Waals surface area contributed by atoms with Crippen molar-refractivity contribution < 1.29 is 15.3 Å². The lowest BCUT2D eigenvalue weighted by Gasteiger charge is -2.72. The van der Waals surface area contributed by atoms with Gasteiger partial charge in [0, 0.05) is 5.92 Å². The van der Waals surface area contributed by atoms with Crippen LogP contribution in [-0.4, -0.2) is 33.1 Å². The molecule has 1 unspecified atom stereocenters. The lowest BCUT2D eigenvalue weighted by Crippen LogP contribution is -2.67. The van der Waals surface area contributed by atoms with Gasteiger partial charge in [0.1, 0.15) is 0 Å². The number of allylic oxidation sites excluding steroid dienone is 1. The lowest BCUT2D eigenvalue weighted by molar-refractivity contribution is -0.235. The molecule has 0 amide bonds. The predicted molar refractivity (Wildman–Crippen MR) is 133 cm³/mol. The summed E-state index contributed by atoms with van der Waals surface area (Å²) in [6.07, 6.45) is 10.1. The second-order valence-corrected chi connectivity index (χ2v) is 15.1. The van der Waals surface area contributed by atoms with E-state index in [0.717, 1.165) is 19.3 Å². The van der Waals surface area contributed by atoms with E-state index in [-0.39, 0.29) is 33.0 Å². The highest BCUT2D eigenvalue weighted by atomic mass is 16.3. The first-order valence-electron chi connectivity index (χ1n) is 13.8. The standard InChI is InChI=1S/C30H50O3/c1-18-11-13-26(4)15-16-28(6)19(23(26)30(18,8)33)9-10-22-27(5)17-20(31)24(32)25(2,3)21(27)12-14-29(22,28)7/h9,18,20-24,31-33H,10-17H2,1-8H3/t18-,20-,21?,22-,23+,24+,26-,27+,28-,29-,30-/m1/s1. The first-order chi connectivity index (χ1) is 15.1. The molecule has 0 bridgehead atoms. The maximum atomic E-state index is 11.9. The normalized spacial score (nSPS) is 60.0. The second kappa shape index (κ2) is 6.88. The van der Waals surface area contributed by atoms with E-state index in [4.69, 9.17) is 0 Å². The quantitative estimate of drug-likeness (QED) is 0.384. The highest BCUT2D eigenvalue weighted by Gasteiger charge is 2.70. The summed E-state index contributed by atoms with van der Waals surface area (Å²) in [4.78, 5) is 0. The Morgan fingerprint density at radius 2 is 1.52 bits per heavy atom. The van der Waals surface area contributed by atoms with Gasteiger partial charge in [0.2, 0.25) is 0 Å². The second-order valence-electron chi connectivity index (χ2n) is 15.1. The summed E-state index contributed by atoms with van der Waals surface area (Å²) >= 11 is 0. The number of fused-ring (bicyclic) bond motifs is 7. The molecule has 0 aromatic carbocycles. The van der Waals surface area contributed by atoms with Gasteiger partial charge in [0.15, 0.2) is 0 Å². The molecule has 188 valence electrons. The molecule has 4 fully saturated rings. The molecule has 3 nitrogen and oxygen atoms in total. The van der Waals surface area contributed by atoms with Crippen LogP contribution in [0.5, 0.6) is 0 Å². The Morgan fingerprint density at radius 1 is 0.848 bits per heavy atom. The Kier molecular flexibility index (Phi) is 5.07. The Hall–Kier alpha value is -0.380. The molecule has 0 spiro atoms. The Morgan fingerprint density at radius 3 is 2.18 bits per heavy atom. The van der Waals surface area contributed by atoms with Crippen LogP contribution in [0.2, 0.25) is 0 Å². The molecular weight excluding hydrogens is 408 g/mol. The fourth-order valence-corrected chi connectivity index (χ4v) is 11.0. The van der Waals surface area contributed by atoms with Gasteiger partial charge in [-0.2, -0.15) is 0 Å². The van der Waals surface area contributed by atoms with Gasteiger partial charge in [0.05, 0.1) is 17.8 Å². The summed E-state index contributed by atoms with van der Waals surface area (Å²) in [7, 11) is 0. The summed E-state index contributed by atoms with van der Waals surface area (Å²) in [5.41, 5.74) is 1.08. The summed E-state index contributed by atoms with van der Waals surface area (Å²) in [6, 6.07) is 0. The van der Waals surface area contributed by atoms with Crippen molar-refractivity contribution in [3.8, 4) is 0 Å². The molecule has 0 aromatic rings. The van der Waals surface area contributed by atoms with Gasteiger partial charge in [-0.1, -0.05) is 60.1 Å². The van der Waals surface area contributed by atoms with Crippen molar-refractivity contribution in [1.29, 1.82) is 0 Å². The third kappa shape index (κ3) is 2.80. The van der Waals surface area contributed by atoms with Crippen LogP contribution in [0.3, 0.4) is 0 Å². The third-order valence-corrected chi connectivity index (χ3v) is 13.4. The van der Waals surface area contributed by atoms with Crippen molar-refractivity contribution in [1.82, 2.24) is 0 Å². The largest absolute Gasteiger partial charge is 0.390 e. The minimum absolute atomic E-state index is 0.0172. The van der Waals surface area contributed by atoms with Crippen LogP contribution in [0.15, 0.2) is 11.6 Å². The maximum absolute atomic E-state index is 11.9. The molecule has 0 aromatic heterocycles. The summed E-state index contributed by atoms with van der Waals surface area (Å²) in [6.45, 7) is 18.7. The summed E-state index contributed by atoms with van der Waals surface area (Å²) < 4.78 is 0. The number of hydrogen-bond acceptors (Lipinski definition) is 3. The fraction of sp³-hybridized carbons (Fsp3) is 0.933. The van der Waals surface area contributed by atoms with E-state index in [1.54, 1.807) is 5.57 Å². The number of aliphatic hydroxyl groups excluding tert-OH is 2. The topological polar surface area (TPSA) is 60.7 Å². The maximum Gasteiger partial charge on any atom is 0.0852 e. The van der Waals surface area contributed by atoms with Crippen LogP contribution in [0.4, 0.5) is 0 Å². The average molecular weight is 459 g/mol. The smallest absolute Gasteiger partial charge is 0.0852 e. The average Bonchev–Trinajstić information content (AvgIpc) is 2.70. The van der Waals surface area contributed by atoms with Gasteiger partial charge in [0.25, 0.3) is 0 Å². The van der Waals surface area contributed by atoms with Crippen molar-refractivity contribution in [2.75, 3.05) is 0 Å². The molecule has 3 heteroatoms. The van der Waals surface area contributed by atoms with E-state index in [1.165, 1.54) is 25.7 Å². The molecule has 0 radical (unpaired) electrons. The van der Waals surface area contributed by atoms with E-state index >= 15 is 0 Å². The zero-order chi connectivity index (χ0) is 24.4. The SMILES string of the molecule is C[C@@H]1CC[C@]2(C)CC[C@]3(C)C(=CC[C@@H]4[C@@]5(C)C[C@@H](O)[C@H](O)C(C)(C)C5CC[C@]43C)[C@@H]2[C@]1(C)O. The molecular formula is C30H50O3. The number of aliphatic hydroxyl groups is 3. The van der Waals surface area contributed by atoms with Crippen LogP contribution in [0.25, 0.3) is 0 Å². The third-order valence-electron chi connectivity index (χ3n) is 13.4. The summed E-state index contributed by atoms with van der Waals surface area (Å²) in [5.74, 6) is 1.49. The van der Waals surface area contributed by atoms with Gasteiger partial charge in [-0.25, -0.2) is 0 Å². The van der Waals surface area contributed by atoms with Gasteiger partial charge in [-0.3, -0.25) is 0 Å². The first kappa shape index (κ1) is 24.3. The number of hydrogen-bond donors (Lipinski definition) is 3. The predicted octanol–water partition coefficient (Wildman–Crippen LogP) is 6.11. The molecule has 11 atom stereocenters. The fourth-order valence-electron chi connectivity index (χ4n) is 11.0. The molecule has 3 N–H and O–H groups in total. The van der Waals surface area contributed by atoms with Crippen LogP contribution >= 0.6 is 0 Å². The van der Waals surface area contributed by atoms with Gasteiger partial charge < -0.3 is 15.3 Å². The van der Waals surface area contributed by atoms with Gasteiger partial charge >= 0.3 is 0 Å². The Labute approximate surface area is 202 Å². The van der Waals surface area contributed by atoms with Crippen molar-refractivity contribution >= 4 is 0 Å². The van der Waals surface area contributed by atoms with Crippen LogP contribution < -0.4 is 0 Å². The van der Waals surface area contributed by atoms with Gasteiger partial charge in [-0.05, 0) is 103 Å². The highest BCUT2D eigenvalue weighted by Crippen LogP contribution is 2.75. The zero-order valence-electron chi connectivity index (χ0n) is 22.5. The minimum atomic E-state index is -0.655. The Balaban J connectivity index is 1.62. The van der Waals surface area contributed by atoms with E-state index in [0.29, 0.717) is 24.2 Å². The molecule has 4 saturated carbocycles. The molecule has 5 aliphatic carbocycles. The molecule has 5 rings (SSSR count). The van der Waals surface area contributed by atoms with E-state index in [2.05, 4.69) is 61.5 Å². The van der Waals surface area contributed by atoms with Crippen molar-refractivity contribution in [2.45, 2.75) is 125 Å². The van der Waals surface area contributed by atoms with Gasteiger partial charge in [-0.15, -0.1) is 0 Å². The highest BCUT2D eigenvalue weighted by molar-refractivity contribution is 5.35. The van der Waals surface area contributed by atoms with E-state index in [1.807, 2.05) is 0 Å². The summed E-state index contributed by atoms with van der Waals surface area (Å²) in [5, 5.41) is 33.8. The minimum Gasteiger partial charge on any atom is -0.390 e. The Bertz CT molecular complexity index is 854. The monoisotopic (exact) mass is 458 g/mol. The molecule has 0 aliphatic heterocycles. The molecule has 33 heavy (non-hydrogen) atoms. The first-order valence-corrected chi connectivity index (χ1v) is 13.8. The molecule has 5 aliphatic rings. The van der Waals surface area contributed by atoms with Crippen LogP contribution in [0.1, 0.15) is 107 Å². The van der Waals surface area contributed by atoms with Crippen LogP contribution in [0, 0.1) is 50.7 Å². The van der Waals surface area contributed by atoms with Crippen molar-refractivity contribution in [2.24, 2.45) is 50.7 Å². The lowest BCUT2D eigenvalue weighted by atomic mass is 9.33. The molecule has 0 saturated heterocycles. The van der Waals surface area contributed by atoms with Crippen LogP contribution in [-0.2, 0) is 0 Å².